The molecule has 1 aliphatic heterocycles. The molecule has 2 N–H and O–H groups in total. The fraction of sp³-hybridized carbons (Fsp3) is 0.391. The van der Waals surface area contributed by atoms with E-state index in [0.29, 0.717) is 12.0 Å². The molecule has 154 valence electrons. The van der Waals surface area contributed by atoms with Crippen LogP contribution in [0.1, 0.15) is 38.3 Å². The third-order valence-electron chi connectivity index (χ3n) is 5.15. The molecule has 0 aliphatic carbocycles. The van der Waals surface area contributed by atoms with E-state index in [1.807, 2.05) is 30.3 Å². The van der Waals surface area contributed by atoms with E-state index in [2.05, 4.69) is 0 Å². The third kappa shape index (κ3) is 4.27. The average Bonchev–Trinajstić information content (AvgIpc) is 2.96. The van der Waals surface area contributed by atoms with Crippen LogP contribution < -0.4 is 0 Å². The third-order valence-corrected chi connectivity index (χ3v) is 5.15. The molecule has 3 rings (SSSR count). The SMILES string of the molecule is CC(C)(C)OC(=O)N1C(C(=O)O)CC(Cc2ccccc2)C1(O)c1ccccc1. The highest BCUT2D eigenvalue weighted by Gasteiger charge is 2.58. The summed E-state index contributed by atoms with van der Waals surface area (Å²) < 4.78 is 5.48. The zero-order chi connectivity index (χ0) is 21.2. The summed E-state index contributed by atoms with van der Waals surface area (Å²) in [5.41, 5.74) is -1.20. The lowest BCUT2D eigenvalue weighted by Gasteiger charge is -2.39. The van der Waals surface area contributed by atoms with E-state index in [1.165, 1.54) is 0 Å². The molecule has 1 heterocycles. The lowest BCUT2D eigenvalue weighted by Crippen LogP contribution is -2.54. The molecule has 2 aromatic carbocycles. The molecule has 3 atom stereocenters. The number of carboxylic acids is 1. The molecule has 0 bridgehead atoms. The first kappa shape index (κ1) is 20.9. The molecule has 0 aromatic heterocycles. The van der Waals surface area contributed by atoms with Crippen LogP contribution in [-0.4, -0.2) is 38.8 Å². The number of benzene rings is 2. The minimum absolute atomic E-state index is 0.120. The Bertz CT molecular complexity index is 862. The van der Waals surface area contributed by atoms with Crippen molar-refractivity contribution in [2.45, 2.75) is 51.0 Å². The van der Waals surface area contributed by atoms with Crippen molar-refractivity contribution in [1.29, 1.82) is 0 Å². The van der Waals surface area contributed by atoms with Crippen LogP contribution in [0.5, 0.6) is 0 Å². The second kappa shape index (κ2) is 7.87. The van der Waals surface area contributed by atoms with E-state index in [0.717, 1.165) is 10.5 Å². The van der Waals surface area contributed by atoms with Crippen LogP contribution in [0.3, 0.4) is 0 Å². The van der Waals surface area contributed by atoms with Crippen molar-refractivity contribution < 1.29 is 24.5 Å². The summed E-state index contributed by atoms with van der Waals surface area (Å²) in [5, 5.41) is 21.7. The van der Waals surface area contributed by atoms with E-state index in [9.17, 15) is 19.8 Å². The maximum atomic E-state index is 13.0. The lowest BCUT2D eigenvalue weighted by molar-refractivity contribution is -0.154. The number of ether oxygens (including phenoxy) is 1. The Morgan fingerprint density at radius 1 is 1.07 bits per heavy atom. The summed E-state index contributed by atoms with van der Waals surface area (Å²) in [5.74, 6) is -1.68. The molecule has 0 spiro atoms. The maximum absolute atomic E-state index is 13.0. The molecule has 29 heavy (non-hydrogen) atoms. The smallest absolute Gasteiger partial charge is 0.413 e. The largest absolute Gasteiger partial charge is 0.480 e. The predicted octanol–water partition coefficient (Wildman–Crippen LogP) is 3.78. The molecule has 0 saturated carbocycles. The number of likely N-dealkylation sites (tertiary alicyclic amines) is 1. The Morgan fingerprint density at radius 3 is 2.14 bits per heavy atom. The molecule has 6 heteroatoms. The number of nitrogens with zero attached hydrogens (tertiary/aromatic N) is 1. The van der Waals surface area contributed by atoms with Gasteiger partial charge in [0.25, 0.3) is 0 Å². The zero-order valence-corrected chi connectivity index (χ0v) is 16.9. The monoisotopic (exact) mass is 397 g/mol. The van der Waals surface area contributed by atoms with E-state index in [-0.39, 0.29) is 6.42 Å². The Hall–Kier alpha value is -2.86. The molecular weight excluding hydrogens is 370 g/mol. The number of hydrogen-bond donors (Lipinski definition) is 2. The minimum atomic E-state index is -1.80. The van der Waals surface area contributed by atoms with Crippen LogP contribution in [0.25, 0.3) is 0 Å². The molecule has 6 nitrogen and oxygen atoms in total. The summed E-state index contributed by atoms with van der Waals surface area (Å²) >= 11 is 0. The summed E-state index contributed by atoms with van der Waals surface area (Å²) in [7, 11) is 0. The van der Waals surface area contributed by atoms with Gasteiger partial charge < -0.3 is 14.9 Å². The second-order valence-electron chi connectivity index (χ2n) is 8.42. The molecular formula is C23H27NO5. The standard InChI is InChI=1S/C23H27NO5/c1-22(2,3)29-21(27)24-19(20(25)26)15-18(14-16-10-6-4-7-11-16)23(24,28)17-12-8-5-9-13-17/h4-13,18-19,28H,14-15H2,1-3H3,(H,25,26). The van der Waals surface area contributed by atoms with E-state index < -0.39 is 35.3 Å². The van der Waals surface area contributed by atoms with Crippen molar-refractivity contribution in [1.82, 2.24) is 4.90 Å². The average molecular weight is 397 g/mol. The van der Waals surface area contributed by atoms with Crippen molar-refractivity contribution in [3.63, 3.8) is 0 Å². The Morgan fingerprint density at radius 2 is 1.62 bits per heavy atom. The van der Waals surface area contributed by atoms with Gasteiger partial charge in [-0.1, -0.05) is 60.7 Å². The number of hydrogen-bond acceptors (Lipinski definition) is 4. The van der Waals surface area contributed by atoms with Crippen LogP contribution in [-0.2, 0) is 21.7 Å². The van der Waals surface area contributed by atoms with E-state index in [1.54, 1.807) is 51.1 Å². The summed E-state index contributed by atoms with van der Waals surface area (Å²) in [6.45, 7) is 5.12. The van der Waals surface area contributed by atoms with Gasteiger partial charge in [0.1, 0.15) is 11.6 Å². The first-order chi connectivity index (χ1) is 13.6. The minimum Gasteiger partial charge on any atom is -0.480 e. The van der Waals surface area contributed by atoms with E-state index in [4.69, 9.17) is 4.74 Å². The van der Waals surface area contributed by atoms with Gasteiger partial charge in [-0.05, 0) is 39.2 Å². The predicted molar refractivity (Wildman–Crippen MR) is 108 cm³/mol. The molecule has 1 saturated heterocycles. The number of aliphatic hydroxyl groups is 1. The van der Waals surface area contributed by atoms with Crippen LogP contribution in [0.2, 0.25) is 0 Å². The number of aliphatic carboxylic acids is 1. The van der Waals surface area contributed by atoms with Gasteiger partial charge in [0.15, 0.2) is 5.72 Å². The topological polar surface area (TPSA) is 87.1 Å². The van der Waals surface area contributed by atoms with Gasteiger partial charge in [-0.15, -0.1) is 0 Å². The number of carboxylic acid groups (broad SMARTS) is 1. The summed E-state index contributed by atoms with van der Waals surface area (Å²) in [4.78, 5) is 26.1. The molecule has 3 unspecified atom stereocenters. The van der Waals surface area contributed by atoms with Crippen molar-refractivity contribution in [3.05, 3.63) is 71.8 Å². The highest BCUT2D eigenvalue weighted by atomic mass is 16.6. The maximum Gasteiger partial charge on any atom is 0.413 e. The van der Waals surface area contributed by atoms with Gasteiger partial charge in [-0.2, -0.15) is 0 Å². The highest BCUT2D eigenvalue weighted by Crippen LogP contribution is 2.47. The van der Waals surface area contributed by atoms with Gasteiger partial charge in [0.05, 0.1) is 0 Å². The van der Waals surface area contributed by atoms with Crippen molar-refractivity contribution in [2.24, 2.45) is 5.92 Å². The summed E-state index contributed by atoms with van der Waals surface area (Å²) in [6.07, 6.45) is -0.295. The fourth-order valence-electron chi connectivity index (χ4n) is 3.94. The molecule has 1 aliphatic rings. The van der Waals surface area contributed by atoms with Crippen molar-refractivity contribution in [2.75, 3.05) is 0 Å². The summed E-state index contributed by atoms with van der Waals surface area (Å²) in [6, 6.07) is 17.1. The number of carbonyl (C=O) groups is 2. The van der Waals surface area contributed by atoms with Crippen LogP contribution in [0.15, 0.2) is 60.7 Å². The Labute approximate surface area is 170 Å². The van der Waals surface area contributed by atoms with Gasteiger partial charge in [-0.3, -0.25) is 4.90 Å². The number of carbonyl (C=O) groups excluding carboxylic acids is 1. The molecule has 1 fully saturated rings. The van der Waals surface area contributed by atoms with Crippen molar-refractivity contribution in [3.8, 4) is 0 Å². The first-order valence-electron chi connectivity index (χ1n) is 9.70. The molecule has 0 radical (unpaired) electrons. The van der Waals surface area contributed by atoms with Gasteiger partial charge in [-0.25, -0.2) is 9.59 Å². The van der Waals surface area contributed by atoms with Crippen LogP contribution >= 0.6 is 0 Å². The van der Waals surface area contributed by atoms with Crippen LogP contribution in [0, 0.1) is 5.92 Å². The first-order valence-corrected chi connectivity index (χ1v) is 9.70. The number of amides is 1. The highest BCUT2D eigenvalue weighted by molar-refractivity contribution is 5.82. The quantitative estimate of drug-likeness (QED) is 0.820. The molecule has 1 amide bonds. The second-order valence-corrected chi connectivity index (χ2v) is 8.42. The van der Waals surface area contributed by atoms with Crippen molar-refractivity contribution >= 4 is 12.1 Å². The van der Waals surface area contributed by atoms with Gasteiger partial charge >= 0.3 is 12.1 Å². The fourth-order valence-corrected chi connectivity index (χ4v) is 3.94. The van der Waals surface area contributed by atoms with Crippen LogP contribution in [0.4, 0.5) is 4.79 Å². The normalized spacial score (nSPS) is 24.3. The van der Waals surface area contributed by atoms with Gasteiger partial charge in [0.2, 0.25) is 0 Å². The molecule has 2 aromatic rings. The lowest BCUT2D eigenvalue weighted by atomic mass is 9.84. The number of rotatable bonds is 4. The Kier molecular flexibility index (Phi) is 5.66. The van der Waals surface area contributed by atoms with Gasteiger partial charge in [0, 0.05) is 11.5 Å². The Balaban J connectivity index is 2.09. The van der Waals surface area contributed by atoms with E-state index >= 15 is 0 Å². The zero-order valence-electron chi connectivity index (χ0n) is 16.9.